The fourth-order valence-electron chi connectivity index (χ4n) is 1.57. The van der Waals surface area contributed by atoms with Crippen LogP contribution in [-0.2, 0) is 0 Å². The zero-order chi connectivity index (χ0) is 8.98. The highest BCUT2D eigenvalue weighted by Gasteiger charge is 2.53. The van der Waals surface area contributed by atoms with Crippen molar-refractivity contribution in [3.63, 3.8) is 0 Å². The van der Waals surface area contributed by atoms with Crippen molar-refractivity contribution in [3.05, 3.63) is 0 Å². The second kappa shape index (κ2) is 3.21. The Kier molecular flexibility index (Phi) is 2.79. The number of hydrogen-bond acceptors (Lipinski definition) is 0. The van der Waals surface area contributed by atoms with Crippen molar-refractivity contribution in [2.24, 2.45) is 11.8 Å². The third-order valence-corrected chi connectivity index (χ3v) is 6.66. The number of alkyl halides is 4. The van der Waals surface area contributed by atoms with Gasteiger partial charge in [-0.15, -0.1) is 0 Å². The SMILES string of the molecule is BrC1(Br)CC1CCC1CC1(Br)Br. The van der Waals surface area contributed by atoms with Gasteiger partial charge in [0.25, 0.3) is 0 Å². The van der Waals surface area contributed by atoms with E-state index in [4.69, 9.17) is 0 Å². The maximum absolute atomic E-state index is 3.64. The van der Waals surface area contributed by atoms with Gasteiger partial charge in [0.05, 0.1) is 6.47 Å². The minimum atomic E-state index is 0.302. The molecule has 2 fully saturated rings. The molecule has 0 spiro atoms. The van der Waals surface area contributed by atoms with Crippen LogP contribution in [0.1, 0.15) is 25.7 Å². The standard InChI is InChI=1S/C8H10Br4/c9-7(10)3-5(7)1-2-6-4-8(6,11)12/h5-6H,1-4H2. The quantitative estimate of drug-likeness (QED) is 0.571. The van der Waals surface area contributed by atoms with E-state index in [1.54, 1.807) is 0 Å². The van der Waals surface area contributed by atoms with Crippen LogP contribution in [0.3, 0.4) is 0 Å². The molecule has 0 heterocycles. The molecule has 2 unspecified atom stereocenters. The Hall–Kier alpha value is 1.92. The second-order valence-electron chi connectivity index (χ2n) is 3.90. The van der Waals surface area contributed by atoms with Crippen LogP contribution in [0.15, 0.2) is 0 Å². The number of hydrogen-bond donors (Lipinski definition) is 0. The van der Waals surface area contributed by atoms with Gasteiger partial charge in [-0.25, -0.2) is 0 Å². The van der Waals surface area contributed by atoms with Crippen LogP contribution in [0.4, 0.5) is 0 Å². The molecule has 0 aromatic rings. The van der Waals surface area contributed by atoms with Gasteiger partial charge in [0, 0.05) is 0 Å². The first-order chi connectivity index (χ1) is 5.42. The van der Waals surface area contributed by atoms with Gasteiger partial charge in [-0.2, -0.15) is 0 Å². The van der Waals surface area contributed by atoms with Gasteiger partial charge in [0.15, 0.2) is 0 Å². The molecule has 0 aromatic carbocycles. The van der Waals surface area contributed by atoms with E-state index in [2.05, 4.69) is 63.7 Å². The summed E-state index contributed by atoms with van der Waals surface area (Å²) in [6.07, 6.45) is 5.27. The average molecular weight is 426 g/mol. The molecule has 0 aromatic heterocycles. The molecule has 0 N–H and O–H groups in total. The molecule has 2 saturated carbocycles. The molecule has 0 radical (unpaired) electrons. The Bertz CT molecular complexity index is 177. The first kappa shape index (κ1) is 10.4. The summed E-state index contributed by atoms with van der Waals surface area (Å²) < 4.78 is 0.604. The van der Waals surface area contributed by atoms with Gasteiger partial charge in [0.1, 0.15) is 0 Å². The summed E-state index contributed by atoms with van der Waals surface area (Å²) in [5.41, 5.74) is 0. The molecule has 0 bridgehead atoms. The molecule has 12 heavy (non-hydrogen) atoms. The lowest BCUT2D eigenvalue weighted by molar-refractivity contribution is 0.615. The molecule has 0 aliphatic heterocycles. The van der Waals surface area contributed by atoms with Crippen LogP contribution in [0.5, 0.6) is 0 Å². The Labute approximate surface area is 107 Å². The zero-order valence-corrected chi connectivity index (χ0v) is 12.8. The Morgan fingerprint density at radius 2 is 1.08 bits per heavy atom. The minimum Gasteiger partial charge on any atom is -0.0724 e. The summed E-state index contributed by atoms with van der Waals surface area (Å²) in [4.78, 5) is 0. The summed E-state index contributed by atoms with van der Waals surface area (Å²) in [5.74, 6) is 1.71. The van der Waals surface area contributed by atoms with Gasteiger partial charge in [-0.05, 0) is 37.5 Å². The van der Waals surface area contributed by atoms with E-state index < -0.39 is 0 Å². The number of rotatable bonds is 3. The van der Waals surface area contributed by atoms with Crippen LogP contribution in [0.2, 0.25) is 0 Å². The Morgan fingerprint density at radius 3 is 1.25 bits per heavy atom. The van der Waals surface area contributed by atoms with Gasteiger partial charge in [-0.3, -0.25) is 0 Å². The van der Waals surface area contributed by atoms with E-state index in [1.807, 2.05) is 0 Å². The predicted molar refractivity (Wildman–Crippen MR) is 66.6 cm³/mol. The third-order valence-electron chi connectivity index (χ3n) is 2.78. The van der Waals surface area contributed by atoms with Crippen molar-refractivity contribution in [1.29, 1.82) is 0 Å². The lowest BCUT2D eigenvalue weighted by Crippen LogP contribution is -1.93. The molecule has 70 valence electrons. The fourth-order valence-corrected chi connectivity index (χ4v) is 4.05. The molecule has 4 heteroatoms. The molecule has 2 aliphatic rings. The zero-order valence-electron chi connectivity index (χ0n) is 6.49. The Balaban J connectivity index is 1.66. The van der Waals surface area contributed by atoms with E-state index in [9.17, 15) is 0 Å². The molecule has 0 saturated heterocycles. The maximum Gasteiger partial charge on any atom is 0.0837 e. The van der Waals surface area contributed by atoms with Gasteiger partial charge in [0.2, 0.25) is 0 Å². The smallest absolute Gasteiger partial charge is 0.0724 e. The van der Waals surface area contributed by atoms with Crippen LogP contribution in [-0.4, -0.2) is 6.47 Å². The fraction of sp³-hybridized carbons (Fsp3) is 1.00. The highest BCUT2D eigenvalue weighted by atomic mass is 79.9. The van der Waals surface area contributed by atoms with E-state index in [0.29, 0.717) is 6.47 Å². The number of halogens is 4. The lowest BCUT2D eigenvalue weighted by Gasteiger charge is -2.01. The first-order valence-corrected chi connectivity index (χ1v) is 7.35. The summed E-state index contributed by atoms with van der Waals surface area (Å²) in [7, 11) is 0. The third kappa shape index (κ3) is 2.29. The van der Waals surface area contributed by atoms with Gasteiger partial charge < -0.3 is 0 Å². The average Bonchev–Trinajstić information content (AvgIpc) is 2.68. The van der Waals surface area contributed by atoms with Crippen molar-refractivity contribution in [3.8, 4) is 0 Å². The molecule has 0 amide bonds. The van der Waals surface area contributed by atoms with Gasteiger partial charge in [-0.1, -0.05) is 63.7 Å². The normalized spacial score (nSPS) is 41.0. The second-order valence-corrected chi connectivity index (χ2v) is 11.7. The van der Waals surface area contributed by atoms with Gasteiger partial charge >= 0.3 is 0 Å². The van der Waals surface area contributed by atoms with Crippen molar-refractivity contribution < 1.29 is 0 Å². The van der Waals surface area contributed by atoms with Crippen LogP contribution in [0.25, 0.3) is 0 Å². The molecule has 2 aliphatic carbocycles. The van der Waals surface area contributed by atoms with E-state index in [-0.39, 0.29) is 0 Å². The Morgan fingerprint density at radius 1 is 0.833 bits per heavy atom. The highest BCUT2D eigenvalue weighted by molar-refractivity contribution is 9.26. The predicted octanol–water partition coefficient (Wildman–Crippen LogP) is 4.78. The topological polar surface area (TPSA) is 0 Å². The maximum atomic E-state index is 3.64. The van der Waals surface area contributed by atoms with Crippen molar-refractivity contribution in [2.45, 2.75) is 32.2 Å². The van der Waals surface area contributed by atoms with Crippen LogP contribution >= 0.6 is 63.7 Å². The highest BCUT2D eigenvalue weighted by Crippen LogP contribution is 2.62. The lowest BCUT2D eigenvalue weighted by atomic mass is 10.1. The molecular formula is C8H10Br4. The molecule has 2 rings (SSSR count). The minimum absolute atomic E-state index is 0.302. The van der Waals surface area contributed by atoms with E-state index in [1.165, 1.54) is 25.7 Å². The summed E-state index contributed by atoms with van der Waals surface area (Å²) in [6.45, 7) is 0. The summed E-state index contributed by atoms with van der Waals surface area (Å²) >= 11 is 14.6. The van der Waals surface area contributed by atoms with E-state index in [0.717, 1.165) is 11.8 Å². The molecular weight excluding hydrogens is 416 g/mol. The van der Waals surface area contributed by atoms with Crippen LogP contribution < -0.4 is 0 Å². The first-order valence-electron chi connectivity index (χ1n) is 4.17. The largest absolute Gasteiger partial charge is 0.0837 e. The molecule has 0 nitrogen and oxygen atoms in total. The van der Waals surface area contributed by atoms with Crippen LogP contribution in [0, 0.1) is 11.8 Å². The van der Waals surface area contributed by atoms with Crippen molar-refractivity contribution >= 4 is 63.7 Å². The summed E-state index contributed by atoms with van der Waals surface area (Å²) in [5, 5.41) is 0. The van der Waals surface area contributed by atoms with Crippen molar-refractivity contribution in [1.82, 2.24) is 0 Å². The monoisotopic (exact) mass is 422 g/mol. The van der Waals surface area contributed by atoms with Crippen molar-refractivity contribution in [2.75, 3.05) is 0 Å². The summed E-state index contributed by atoms with van der Waals surface area (Å²) in [6, 6.07) is 0. The molecule has 2 atom stereocenters. The van der Waals surface area contributed by atoms with E-state index >= 15 is 0 Å².